The summed E-state index contributed by atoms with van der Waals surface area (Å²) in [7, 11) is 0. The molecule has 1 aliphatic carbocycles. The summed E-state index contributed by atoms with van der Waals surface area (Å²) in [6, 6.07) is 5.75. The Kier molecular flexibility index (Phi) is 2.59. The average Bonchev–Trinajstić information content (AvgIpc) is 2.24. The predicted molar refractivity (Wildman–Crippen MR) is 59.6 cm³/mol. The van der Waals surface area contributed by atoms with Gasteiger partial charge >= 0.3 is 5.97 Å². The molecule has 6 heteroatoms. The minimum Gasteiger partial charge on any atom is -0.481 e. The number of aliphatic carboxylic acids is 1. The Morgan fingerprint density at radius 2 is 2.06 bits per heavy atom. The summed E-state index contributed by atoms with van der Waals surface area (Å²) in [5.74, 6) is -1.05. The molecule has 0 amide bonds. The number of rotatable bonds is 3. The molecule has 0 aromatic heterocycles. The number of hydrogen-bond donors (Lipinski definition) is 2. The van der Waals surface area contributed by atoms with Crippen LogP contribution >= 0.6 is 0 Å². The van der Waals surface area contributed by atoms with Crippen molar-refractivity contribution in [2.24, 2.45) is 5.73 Å². The van der Waals surface area contributed by atoms with Gasteiger partial charge in [0.15, 0.2) is 0 Å². The Balaban J connectivity index is 2.52. The molecule has 0 aliphatic heterocycles. The van der Waals surface area contributed by atoms with Gasteiger partial charge in [0.25, 0.3) is 5.69 Å². The van der Waals surface area contributed by atoms with E-state index in [-0.39, 0.29) is 30.1 Å². The molecule has 0 atom stereocenters. The number of nitrogens with zero attached hydrogens (tertiary/aromatic N) is 1. The Morgan fingerprint density at radius 1 is 1.47 bits per heavy atom. The third-order valence-electron chi connectivity index (χ3n) is 3.25. The van der Waals surface area contributed by atoms with E-state index in [0.29, 0.717) is 0 Å². The van der Waals surface area contributed by atoms with Crippen molar-refractivity contribution in [3.63, 3.8) is 0 Å². The van der Waals surface area contributed by atoms with Crippen LogP contribution in [0.2, 0.25) is 0 Å². The van der Waals surface area contributed by atoms with E-state index in [4.69, 9.17) is 5.73 Å². The Bertz CT molecular complexity index is 480. The van der Waals surface area contributed by atoms with E-state index in [1.165, 1.54) is 18.2 Å². The van der Waals surface area contributed by atoms with Gasteiger partial charge in [-0.2, -0.15) is 0 Å². The van der Waals surface area contributed by atoms with Crippen LogP contribution < -0.4 is 5.73 Å². The molecule has 3 N–H and O–H groups in total. The highest BCUT2D eigenvalue weighted by Crippen LogP contribution is 2.46. The van der Waals surface area contributed by atoms with Crippen molar-refractivity contribution in [3.8, 4) is 0 Å². The van der Waals surface area contributed by atoms with Crippen LogP contribution in [0.3, 0.4) is 0 Å². The van der Waals surface area contributed by atoms with Gasteiger partial charge in [-0.15, -0.1) is 0 Å². The number of nitro benzene ring substituents is 1. The number of carboxylic acids is 1. The highest BCUT2D eigenvalue weighted by Gasteiger charge is 2.53. The van der Waals surface area contributed by atoms with Gasteiger partial charge < -0.3 is 10.8 Å². The lowest BCUT2D eigenvalue weighted by Gasteiger charge is -2.42. The SMILES string of the molecule is NC1CC(C(=O)O)(c2ccccc2[N+](=O)[O-])C1. The lowest BCUT2D eigenvalue weighted by atomic mass is 9.61. The number of carboxylic acid groups (broad SMARTS) is 1. The first-order chi connectivity index (χ1) is 7.97. The van der Waals surface area contributed by atoms with Gasteiger partial charge in [0.1, 0.15) is 5.41 Å². The lowest BCUT2D eigenvalue weighted by molar-refractivity contribution is -0.386. The number of carbonyl (C=O) groups is 1. The summed E-state index contributed by atoms with van der Waals surface area (Å²) in [6.45, 7) is 0. The van der Waals surface area contributed by atoms with Crippen molar-refractivity contribution >= 4 is 11.7 Å². The zero-order valence-corrected chi connectivity index (χ0v) is 9.00. The van der Waals surface area contributed by atoms with Gasteiger partial charge in [-0.3, -0.25) is 14.9 Å². The van der Waals surface area contributed by atoms with Crippen molar-refractivity contribution in [2.75, 3.05) is 0 Å². The molecule has 1 fully saturated rings. The van der Waals surface area contributed by atoms with Crippen molar-refractivity contribution in [1.29, 1.82) is 0 Å². The summed E-state index contributed by atoms with van der Waals surface area (Å²) < 4.78 is 0. The minimum absolute atomic E-state index is 0.151. The molecule has 1 saturated carbocycles. The highest BCUT2D eigenvalue weighted by atomic mass is 16.6. The summed E-state index contributed by atoms with van der Waals surface area (Å²) in [4.78, 5) is 21.7. The third-order valence-corrected chi connectivity index (χ3v) is 3.25. The molecule has 90 valence electrons. The Morgan fingerprint density at radius 3 is 2.53 bits per heavy atom. The van der Waals surface area contributed by atoms with Crippen LogP contribution in [0.15, 0.2) is 24.3 Å². The molecule has 0 spiro atoms. The summed E-state index contributed by atoms with van der Waals surface area (Å²) in [5.41, 5.74) is 4.53. The number of nitrogens with two attached hydrogens (primary N) is 1. The van der Waals surface area contributed by atoms with Gasteiger partial charge in [-0.05, 0) is 12.8 Å². The fourth-order valence-electron chi connectivity index (χ4n) is 2.38. The lowest BCUT2D eigenvalue weighted by Crippen LogP contribution is -2.54. The van der Waals surface area contributed by atoms with Crippen molar-refractivity contribution in [2.45, 2.75) is 24.3 Å². The van der Waals surface area contributed by atoms with E-state index in [1.54, 1.807) is 6.07 Å². The number of nitro groups is 1. The topological polar surface area (TPSA) is 106 Å². The third kappa shape index (κ3) is 1.66. The average molecular weight is 236 g/mol. The molecule has 2 rings (SSSR count). The van der Waals surface area contributed by atoms with E-state index in [0.717, 1.165) is 0 Å². The second-order valence-corrected chi connectivity index (χ2v) is 4.33. The Hall–Kier alpha value is -1.95. The summed E-state index contributed by atoms with van der Waals surface area (Å²) >= 11 is 0. The van der Waals surface area contributed by atoms with Gasteiger partial charge in [-0.1, -0.05) is 18.2 Å². The summed E-state index contributed by atoms with van der Waals surface area (Å²) in [5, 5.41) is 20.2. The van der Waals surface area contributed by atoms with E-state index in [9.17, 15) is 20.0 Å². The standard InChI is InChI=1S/C11H12N2O4/c12-7-5-11(6-7,10(14)15)8-3-1-2-4-9(8)13(16)17/h1-4,7H,5-6,12H2,(H,14,15). The van der Waals surface area contributed by atoms with Gasteiger partial charge in [-0.25, -0.2) is 0 Å². The minimum atomic E-state index is -1.19. The number of hydrogen-bond acceptors (Lipinski definition) is 4. The van der Waals surface area contributed by atoms with Crippen LogP contribution in [0, 0.1) is 10.1 Å². The molecular weight excluding hydrogens is 224 g/mol. The smallest absolute Gasteiger partial charge is 0.314 e. The summed E-state index contributed by atoms with van der Waals surface area (Å²) in [6.07, 6.45) is 0.486. The monoisotopic (exact) mass is 236 g/mol. The fourth-order valence-corrected chi connectivity index (χ4v) is 2.38. The van der Waals surface area contributed by atoms with Crippen LogP contribution in [0.4, 0.5) is 5.69 Å². The van der Waals surface area contributed by atoms with Crippen LogP contribution in [0.25, 0.3) is 0 Å². The second kappa shape index (κ2) is 3.81. The van der Waals surface area contributed by atoms with Crippen molar-refractivity contribution in [3.05, 3.63) is 39.9 Å². The second-order valence-electron chi connectivity index (χ2n) is 4.33. The first kappa shape index (κ1) is 11.5. The van der Waals surface area contributed by atoms with E-state index < -0.39 is 16.3 Å². The molecular formula is C11H12N2O4. The molecule has 1 aromatic carbocycles. The molecule has 1 aliphatic rings. The van der Waals surface area contributed by atoms with E-state index in [1.807, 2.05) is 0 Å². The van der Waals surface area contributed by atoms with Gasteiger partial charge in [0.05, 0.1) is 4.92 Å². The molecule has 0 unspecified atom stereocenters. The molecule has 0 heterocycles. The van der Waals surface area contributed by atoms with Crippen LogP contribution in [-0.4, -0.2) is 22.0 Å². The normalized spacial score (nSPS) is 27.2. The number of para-hydroxylation sites is 1. The van der Waals surface area contributed by atoms with E-state index in [2.05, 4.69) is 0 Å². The van der Waals surface area contributed by atoms with Gasteiger partial charge in [0, 0.05) is 17.7 Å². The predicted octanol–water partition coefficient (Wildman–Crippen LogP) is 1.04. The van der Waals surface area contributed by atoms with Crippen molar-refractivity contribution in [1.82, 2.24) is 0 Å². The maximum Gasteiger partial charge on any atom is 0.314 e. The van der Waals surface area contributed by atoms with Crippen LogP contribution in [-0.2, 0) is 10.2 Å². The van der Waals surface area contributed by atoms with Gasteiger partial charge in [0.2, 0.25) is 0 Å². The molecule has 0 saturated heterocycles. The fraction of sp³-hybridized carbons (Fsp3) is 0.364. The first-order valence-corrected chi connectivity index (χ1v) is 5.20. The molecule has 6 nitrogen and oxygen atoms in total. The highest BCUT2D eigenvalue weighted by molar-refractivity contribution is 5.84. The van der Waals surface area contributed by atoms with E-state index >= 15 is 0 Å². The Labute approximate surface area is 97.2 Å². The number of benzene rings is 1. The quantitative estimate of drug-likeness (QED) is 0.602. The zero-order valence-electron chi connectivity index (χ0n) is 9.00. The van der Waals surface area contributed by atoms with Crippen molar-refractivity contribution < 1.29 is 14.8 Å². The molecule has 0 radical (unpaired) electrons. The zero-order chi connectivity index (χ0) is 12.6. The molecule has 1 aromatic rings. The molecule has 17 heavy (non-hydrogen) atoms. The van der Waals surface area contributed by atoms with Crippen LogP contribution in [0.5, 0.6) is 0 Å². The molecule has 0 bridgehead atoms. The largest absolute Gasteiger partial charge is 0.481 e. The maximum atomic E-state index is 11.3. The van der Waals surface area contributed by atoms with Crippen LogP contribution in [0.1, 0.15) is 18.4 Å². The first-order valence-electron chi connectivity index (χ1n) is 5.20. The maximum absolute atomic E-state index is 11.3.